The van der Waals surface area contributed by atoms with Crippen molar-refractivity contribution >= 4 is 5.91 Å². The molecule has 0 unspecified atom stereocenters. The van der Waals surface area contributed by atoms with Gasteiger partial charge >= 0.3 is 0 Å². The highest BCUT2D eigenvalue weighted by molar-refractivity contribution is 5.79. The molecule has 0 aromatic carbocycles. The number of hydrogen-bond acceptors (Lipinski definition) is 5. The maximum absolute atomic E-state index is 12.2. The highest BCUT2D eigenvalue weighted by Crippen LogP contribution is 2.28. The van der Waals surface area contributed by atoms with Gasteiger partial charge in [-0.3, -0.25) is 14.5 Å². The van der Waals surface area contributed by atoms with E-state index in [1.54, 1.807) is 0 Å². The zero-order chi connectivity index (χ0) is 15.5. The van der Waals surface area contributed by atoms with Crippen molar-refractivity contribution in [2.75, 3.05) is 19.6 Å². The summed E-state index contributed by atoms with van der Waals surface area (Å²) in [7, 11) is 0. The molecule has 1 atom stereocenters. The van der Waals surface area contributed by atoms with Gasteiger partial charge in [0, 0.05) is 19.2 Å². The zero-order valence-electron chi connectivity index (χ0n) is 12.6. The number of carbonyl (C=O) groups excluding carboxylic acids is 1. The van der Waals surface area contributed by atoms with Crippen molar-refractivity contribution in [3.63, 3.8) is 0 Å². The summed E-state index contributed by atoms with van der Waals surface area (Å²) in [5.41, 5.74) is -0.433. The van der Waals surface area contributed by atoms with E-state index >= 15 is 0 Å². The average molecular weight is 306 g/mol. The lowest BCUT2D eigenvalue weighted by Crippen LogP contribution is -2.43. The Hall–Kier alpha value is -1.82. The molecule has 6 heteroatoms. The molecule has 1 aromatic heterocycles. The fraction of sp³-hybridized carbons (Fsp3) is 0.625. The summed E-state index contributed by atoms with van der Waals surface area (Å²) < 4.78 is 5.23. The molecule has 1 aliphatic carbocycles. The molecule has 2 fully saturated rings. The minimum atomic E-state index is -0.433. The molecule has 0 bridgehead atoms. The van der Waals surface area contributed by atoms with E-state index in [1.165, 1.54) is 18.9 Å². The molecule has 2 N–H and O–H groups in total. The second-order valence-electron chi connectivity index (χ2n) is 6.36. The molecule has 1 aliphatic heterocycles. The normalized spacial score (nSPS) is 22.5. The first-order valence-corrected chi connectivity index (χ1v) is 7.92. The van der Waals surface area contributed by atoms with Crippen LogP contribution >= 0.6 is 0 Å². The van der Waals surface area contributed by atoms with E-state index in [2.05, 4.69) is 10.2 Å². The molecule has 2 aliphatic rings. The Morgan fingerprint density at radius 2 is 2.23 bits per heavy atom. The fourth-order valence-electron chi connectivity index (χ4n) is 2.87. The summed E-state index contributed by atoms with van der Waals surface area (Å²) in [6.45, 7) is 2.86. The number of amides is 1. The maximum Gasteiger partial charge on any atom is 0.226 e. The van der Waals surface area contributed by atoms with Crippen LogP contribution < -0.4 is 10.7 Å². The van der Waals surface area contributed by atoms with Crippen LogP contribution in [0.5, 0.6) is 5.75 Å². The van der Waals surface area contributed by atoms with Gasteiger partial charge in [-0.05, 0) is 38.1 Å². The first-order valence-electron chi connectivity index (χ1n) is 7.92. The van der Waals surface area contributed by atoms with Crippen molar-refractivity contribution in [1.29, 1.82) is 0 Å². The first kappa shape index (κ1) is 15.1. The topological polar surface area (TPSA) is 82.8 Å². The smallest absolute Gasteiger partial charge is 0.226 e. The van der Waals surface area contributed by atoms with Crippen molar-refractivity contribution in [2.45, 2.75) is 32.2 Å². The number of nitrogens with one attached hydrogen (secondary N) is 1. The number of aromatic hydroxyl groups is 1. The summed E-state index contributed by atoms with van der Waals surface area (Å²) in [6, 6.07) is 1.31. The molecular weight excluding hydrogens is 284 g/mol. The van der Waals surface area contributed by atoms with Crippen molar-refractivity contribution < 1.29 is 14.3 Å². The summed E-state index contributed by atoms with van der Waals surface area (Å²) in [5.74, 6) is 0.983. The lowest BCUT2D eigenvalue weighted by Gasteiger charge is -2.31. The molecule has 0 spiro atoms. The second kappa shape index (κ2) is 6.52. The summed E-state index contributed by atoms with van der Waals surface area (Å²) in [6.07, 6.45) is 5.41. The third-order valence-corrected chi connectivity index (χ3v) is 4.38. The Labute approximate surface area is 129 Å². The van der Waals surface area contributed by atoms with E-state index in [-0.39, 0.29) is 17.6 Å². The Morgan fingerprint density at radius 3 is 2.95 bits per heavy atom. The Morgan fingerprint density at radius 1 is 1.41 bits per heavy atom. The molecule has 3 rings (SSSR count). The number of rotatable bonds is 5. The minimum Gasteiger partial charge on any atom is -0.502 e. The van der Waals surface area contributed by atoms with Gasteiger partial charge in [-0.1, -0.05) is 0 Å². The van der Waals surface area contributed by atoms with Crippen molar-refractivity contribution in [3.8, 4) is 5.75 Å². The molecule has 0 radical (unpaired) electrons. The number of carbonyl (C=O) groups is 1. The van der Waals surface area contributed by atoms with E-state index < -0.39 is 5.43 Å². The van der Waals surface area contributed by atoms with Crippen LogP contribution in [0.3, 0.4) is 0 Å². The molecule has 1 saturated carbocycles. The van der Waals surface area contributed by atoms with Gasteiger partial charge in [-0.2, -0.15) is 0 Å². The highest BCUT2D eigenvalue weighted by atomic mass is 16.4. The van der Waals surface area contributed by atoms with Gasteiger partial charge in [0.15, 0.2) is 5.75 Å². The van der Waals surface area contributed by atoms with E-state index in [9.17, 15) is 14.7 Å². The number of piperidine rings is 1. The van der Waals surface area contributed by atoms with Crippen LogP contribution in [-0.2, 0) is 11.3 Å². The summed E-state index contributed by atoms with van der Waals surface area (Å²) >= 11 is 0. The Balaban J connectivity index is 1.54. The first-order chi connectivity index (χ1) is 10.6. The fourth-order valence-corrected chi connectivity index (χ4v) is 2.87. The lowest BCUT2D eigenvalue weighted by molar-refractivity contribution is -0.126. The van der Waals surface area contributed by atoms with Gasteiger partial charge in [-0.25, -0.2) is 0 Å². The average Bonchev–Trinajstić information content (AvgIpc) is 3.33. The maximum atomic E-state index is 12.2. The van der Waals surface area contributed by atoms with Gasteiger partial charge in [0.2, 0.25) is 11.3 Å². The van der Waals surface area contributed by atoms with Gasteiger partial charge in [0.25, 0.3) is 0 Å². The number of likely N-dealkylation sites (tertiary alicyclic amines) is 1. The minimum absolute atomic E-state index is 0.0105. The van der Waals surface area contributed by atoms with Gasteiger partial charge in [0.05, 0.1) is 12.5 Å². The molecule has 2 heterocycles. The predicted molar refractivity (Wildman–Crippen MR) is 80.4 cm³/mol. The Kier molecular flexibility index (Phi) is 4.47. The molecular formula is C16H22N2O4. The van der Waals surface area contributed by atoms with Crippen LogP contribution in [0, 0.1) is 11.8 Å². The number of hydrogen-bond donors (Lipinski definition) is 2. The van der Waals surface area contributed by atoms with Crippen LogP contribution in [0.25, 0.3) is 0 Å². The summed E-state index contributed by atoms with van der Waals surface area (Å²) in [5, 5.41) is 12.2. The predicted octanol–water partition coefficient (Wildman–Crippen LogP) is 1.08. The monoisotopic (exact) mass is 306 g/mol. The third kappa shape index (κ3) is 3.88. The van der Waals surface area contributed by atoms with E-state index in [1.807, 2.05) is 0 Å². The van der Waals surface area contributed by atoms with Crippen LogP contribution in [0.4, 0.5) is 0 Å². The summed E-state index contributed by atoms with van der Waals surface area (Å²) in [4.78, 5) is 25.7. The van der Waals surface area contributed by atoms with Crippen molar-refractivity contribution in [3.05, 3.63) is 28.3 Å². The standard InChI is InChI=1S/C16H22N2O4/c19-14-6-13(22-10-15(14)20)9-18-5-1-2-12(8-18)16(21)17-7-11-3-4-11/h6,10-12,20H,1-5,7-9H2,(H,17,21)/t12-/m0/s1. The molecule has 1 aromatic rings. The molecule has 1 saturated heterocycles. The molecule has 120 valence electrons. The van der Waals surface area contributed by atoms with E-state index in [0.717, 1.165) is 32.2 Å². The van der Waals surface area contributed by atoms with Crippen molar-refractivity contribution in [2.24, 2.45) is 11.8 Å². The molecule has 22 heavy (non-hydrogen) atoms. The molecule has 1 amide bonds. The molecule has 6 nitrogen and oxygen atoms in total. The quantitative estimate of drug-likeness (QED) is 0.850. The SMILES string of the molecule is O=C(NCC1CC1)[C@H]1CCCN(Cc2cc(=O)c(O)co2)C1. The van der Waals surface area contributed by atoms with E-state index in [4.69, 9.17) is 4.42 Å². The number of nitrogens with zero attached hydrogens (tertiary/aromatic N) is 1. The Bertz CT molecular complexity index is 594. The second-order valence-corrected chi connectivity index (χ2v) is 6.36. The van der Waals surface area contributed by atoms with Crippen molar-refractivity contribution in [1.82, 2.24) is 10.2 Å². The lowest BCUT2D eigenvalue weighted by atomic mass is 9.97. The highest BCUT2D eigenvalue weighted by Gasteiger charge is 2.28. The zero-order valence-corrected chi connectivity index (χ0v) is 12.6. The van der Waals surface area contributed by atoms with Gasteiger partial charge < -0.3 is 14.8 Å². The van der Waals surface area contributed by atoms with Crippen LogP contribution in [-0.4, -0.2) is 35.5 Å². The van der Waals surface area contributed by atoms with Gasteiger partial charge in [-0.15, -0.1) is 0 Å². The van der Waals surface area contributed by atoms with Crippen LogP contribution in [0.15, 0.2) is 21.5 Å². The largest absolute Gasteiger partial charge is 0.502 e. The van der Waals surface area contributed by atoms with Crippen LogP contribution in [0.2, 0.25) is 0 Å². The van der Waals surface area contributed by atoms with Crippen LogP contribution in [0.1, 0.15) is 31.4 Å². The van der Waals surface area contributed by atoms with E-state index in [0.29, 0.717) is 24.8 Å². The van der Waals surface area contributed by atoms with Gasteiger partial charge in [0.1, 0.15) is 12.0 Å². The third-order valence-electron chi connectivity index (χ3n) is 4.38.